The van der Waals surface area contributed by atoms with E-state index in [0.717, 1.165) is 19.4 Å². The Kier molecular flexibility index (Phi) is 5.15. The van der Waals surface area contributed by atoms with Crippen LogP contribution in [-0.2, 0) is 9.53 Å². The number of thioether (sulfide) groups is 1. The summed E-state index contributed by atoms with van der Waals surface area (Å²) in [5, 5.41) is 3.41. The van der Waals surface area contributed by atoms with Crippen LogP contribution in [0.1, 0.15) is 26.7 Å². The smallest absolute Gasteiger partial charge is 0.233 e. The van der Waals surface area contributed by atoms with Crippen molar-refractivity contribution in [1.29, 1.82) is 0 Å². The lowest BCUT2D eigenvalue weighted by atomic mass is 10.1. The maximum Gasteiger partial charge on any atom is 0.233 e. The molecule has 1 N–H and O–H groups in total. The lowest BCUT2D eigenvalue weighted by Gasteiger charge is -2.21. The van der Waals surface area contributed by atoms with Crippen molar-refractivity contribution in [1.82, 2.24) is 15.3 Å². The zero-order valence-electron chi connectivity index (χ0n) is 11.2. The predicted molar refractivity (Wildman–Crippen MR) is 73.9 cm³/mol. The quantitative estimate of drug-likeness (QED) is 0.656. The van der Waals surface area contributed by atoms with E-state index in [2.05, 4.69) is 15.3 Å². The van der Waals surface area contributed by atoms with E-state index in [1.165, 1.54) is 11.8 Å². The lowest BCUT2D eigenvalue weighted by molar-refractivity contribution is -0.121. The van der Waals surface area contributed by atoms with Crippen LogP contribution in [0.15, 0.2) is 23.6 Å². The number of carbonyl (C=O) groups excluding carboxylic acids is 1. The molecule has 2 heterocycles. The third-order valence-electron chi connectivity index (χ3n) is 3.09. The Morgan fingerprint density at radius 3 is 2.84 bits per heavy atom. The molecule has 1 fully saturated rings. The molecular weight excluding hydrogens is 262 g/mol. The van der Waals surface area contributed by atoms with E-state index in [1.54, 1.807) is 18.5 Å². The van der Waals surface area contributed by atoms with Crippen molar-refractivity contribution in [3.63, 3.8) is 0 Å². The van der Waals surface area contributed by atoms with Gasteiger partial charge in [0.15, 0.2) is 5.16 Å². The van der Waals surface area contributed by atoms with Gasteiger partial charge in [-0.05, 0) is 32.8 Å². The van der Waals surface area contributed by atoms with Crippen LogP contribution in [-0.4, -0.2) is 39.9 Å². The largest absolute Gasteiger partial charge is 0.376 e. The zero-order valence-corrected chi connectivity index (χ0v) is 12.0. The van der Waals surface area contributed by atoms with Crippen molar-refractivity contribution >= 4 is 17.7 Å². The van der Waals surface area contributed by atoms with Gasteiger partial charge in [-0.25, -0.2) is 9.97 Å². The molecule has 1 aromatic heterocycles. The van der Waals surface area contributed by atoms with E-state index in [1.807, 2.05) is 13.8 Å². The predicted octanol–water partition coefficient (Wildman–Crippen LogP) is 1.64. The number of hydrogen-bond donors (Lipinski definition) is 1. The minimum Gasteiger partial charge on any atom is -0.376 e. The number of carbonyl (C=O) groups is 1. The molecule has 0 aliphatic carbocycles. The van der Waals surface area contributed by atoms with Crippen molar-refractivity contribution in [2.45, 2.75) is 49.2 Å². The normalized spacial score (nSPS) is 21.9. The van der Waals surface area contributed by atoms with Crippen LogP contribution >= 0.6 is 11.8 Å². The highest BCUT2D eigenvalue weighted by Crippen LogP contribution is 2.20. The van der Waals surface area contributed by atoms with Gasteiger partial charge in [-0.1, -0.05) is 11.8 Å². The summed E-state index contributed by atoms with van der Waals surface area (Å²) in [6, 6.07) is 1.81. The number of nitrogens with one attached hydrogen (secondary N) is 1. The fourth-order valence-electron chi connectivity index (χ4n) is 1.99. The monoisotopic (exact) mass is 281 g/mol. The Morgan fingerprint density at radius 1 is 1.47 bits per heavy atom. The van der Waals surface area contributed by atoms with Gasteiger partial charge in [-0.2, -0.15) is 0 Å². The van der Waals surface area contributed by atoms with Crippen LogP contribution in [0, 0.1) is 0 Å². The first-order valence-corrected chi connectivity index (χ1v) is 7.40. The number of amides is 1. The summed E-state index contributed by atoms with van der Waals surface area (Å²) < 4.78 is 5.57. The molecule has 1 aliphatic rings. The van der Waals surface area contributed by atoms with Crippen LogP contribution in [0.5, 0.6) is 0 Å². The first-order valence-electron chi connectivity index (χ1n) is 6.52. The third kappa shape index (κ3) is 4.18. The van der Waals surface area contributed by atoms with Gasteiger partial charge in [-0.3, -0.25) is 4.79 Å². The van der Waals surface area contributed by atoms with E-state index >= 15 is 0 Å². The molecule has 1 aromatic rings. The van der Waals surface area contributed by atoms with E-state index in [0.29, 0.717) is 5.16 Å². The number of ether oxygens (including phenoxy) is 1. The Labute approximate surface area is 117 Å². The summed E-state index contributed by atoms with van der Waals surface area (Å²) in [4.78, 5) is 20.3. The average molecular weight is 281 g/mol. The summed E-state index contributed by atoms with van der Waals surface area (Å²) in [6.07, 6.45) is 5.59. The molecule has 1 saturated heterocycles. The van der Waals surface area contributed by atoms with Gasteiger partial charge in [0.25, 0.3) is 0 Å². The number of hydrogen-bond acceptors (Lipinski definition) is 5. The Morgan fingerprint density at radius 2 is 2.21 bits per heavy atom. The molecule has 1 aliphatic heterocycles. The average Bonchev–Trinajstić information content (AvgIpc) is 2.93. The third-order valence-corrected chi connectivity index (χ3v) is 4.08. The molecule has 0 bridgehead atoms. The molecule has 3 atom stereocenters. The molecule has 0 spiro atoms. The first kappa shape index (κ1) is 14.3. The minimum absolute atomic E-state index is 0.000420. The summed E-state index contributed by atoms with van der Waals surface area (Å²) in [7, 11) is 0. The van der Waals surface area contributed by atoms with Crippen molar-refractivity contribution in [3.05, 3.63) is 18.5 Å². The molecule has 19 heavy (non-hydrogen) atoms. The topological polar surface area (TPSA) is 64.1 Å². The number of rotatable bonds is 5. The van der Waals surface area contributed by atoms with E-state index < -0.39 is 0 Å². The minimum atomic E-state index is -0.216. The van der Waals surface area contributed by atoms with Gasteiger partial charge in [0.1, 0.15) is 0 Å². The summed E-state index contributed by atoms with van der Waals surface area (Å²) in [6.45, 7) is 4.65. The van der Waals surface area contributed by atoms with E-state index in [4.69, 9.17) is 4.74 Å². The maximum atomic E-state index is 12.1. The number of aromatic nitrogens is 2. The highest BCUT2D eigenvalue weighted by molar-refractivity contribution is 8.00. The molecule has 0 aromatic carbocycles. The molecule has 1 amide bonds. The molecule has 0 saturated carbocycles. The Bertz CT molecular complexity index is 410. The second-order valence-electron chi connectivity index (χ2n) is 4.64. The lowest BCUT2D eigenvalue weighted by Crippen LogP contribution is -2.44. The van der Waals surface area contributed by atoms with Gasteiger partial charge < -0.3 is 10.1 Å². The molecule has 0 radical (unpaired) electrons. The highest BCUT2D eigenvalue weighted by Gasteiger charge is 2.25. The fraction of sp³-hybridized carbons (Fsp3) is 0.615. The second kappa shape index (κ2) is 6.86. The highest BCUT2D eigenvalue weighted by atomic mass is 32.2. The van der Waals surface area contributed by atoms with Crippen LogP contribution in [0.4, 0.5) is 0 Å². The standard InChI is InChI=1S/C13H19N3O2S/c1-9(11-5-3-8-18-11)16-12(17)10(2)19-13-14-6-4-7-15-13/h4,6-7,9-11H,3,5,8H2,1-2H3,(H,16,17). The second-order valence-corrected chi connectivity index (χ2v) is 5.95. The van der Waals surface area contributed by atoms with Gasteiger partial charge >= 0.3 is 0 Å². The van der Waals surface area contributed by atoms with Crippen molar-refractivity contribution in [2.24, 2.45) is 0 Å². The van der Waals surface area contributed by atoms with Gasteiger partial charge in [-0.15, -0.1) is 0 Å². The maximum absolute atomic E-state index is 12.1. The Balaban J connectivity index is 1.82. The zero-order chi connectivity index (χ0) is 13.7. The first-order chi connectivity index (χ1) is 9.16. The van der Waals surface area contributed by atoms with Gasteiger partial charge in [0, 0.05) is 19.0 Å². The SMILES string of the molecule is CC(Sc1ncccn1)C(=O)NC(C)C1CCCO1. The van der Waals surface area contributed by atoms with Crippen molar-refractivity contribution in [3.8, 4) is 0 Å². The molecule has 104 valence electrons. The van der Waals surface area contributed by atoms with Crippen LogP contribution in [0.2, 0.25) is 0 Å². The molecule has 3 unspecified atom stereocenters. The summed E-state index contributed by atoms with van der Waals surface area (Å²) in [5.41, 5.74) is 0. The van der Waals surface area contributed by atoms with E-state index in [9.17, 15) is 4.79 Å². The molecule has 2 rings (SSSR count). The van der Waals surface area contributed by atoms with Crippen molar-refractivity contribution < 1.29 is 9.53 Å². The van der Waals surface area contributed by atoms with Gasteiger partial charge in [0.05, 0.1) is 17.4 Å². The molecule has 6 heteroatoms. The van der Waals surface area contributed by atoms with Crippen LogP contribution < -0.4 is 5.32 Å². The van der Waals surface area contributed by atoms with Crippen LogP contribution in [0.25, 0.3) is 0 Å². The van der Waals surface area contributed by atoms with E-state index in [-0.39, 0.29) is 23.3 Å². The van der Waals surface area contributed by atoms with Gasteiger partial charge in [0.2, 0.25) is 5.91 Å². The van der Waals surface area contributed by atoms with Crippen LogP contribution in [0.3, 0.4) is 0 Å². The molecular formula is C13H19N3O2S. The fourth-order valence-corrected chi connectivity index (χ4v) is 2.72. The molecule has 5 nitrogen and oxygen atoms in total. The number of nitrogens with zero attached hydrogens (tertiary/aromatic N) is 2. The Hall–Kier alpha value is -1.14. The summed E-state index contributed by atoms with van der Waals surface area (Å²) >= 11 is 1.36. The van der Waals surface area contributed by atoms with Crippen molar-refractivity contribution in [2.75, 3.05) is 6.61 Å². The summed E-state index contributed by atoms with van der Waals surface area (Å²) in [5.74, 6) is 0.000420.